The van der Waals surface area contributed by atoms with E-state index in [2.05, 4.69) is 0 Å². The molecule has 104 valence electrons. The molecule has 0 aromatic heterocycles. The Hall–Kier alpha value is -0.910. The van der Waals surface area contributed by atoms with Crippen LogP contribution in [0.5, 0.6) is 11.5 Å². The largest absolute Gasteiger partial charge is 0.486 e. The summed E-state index contributed by atoms with van der Waals surface area (Å²) in [6, 6.07) is 5.94. The van der Waals surface area contributed by atoms with Gasteiger partial charge in [0.1, 0.15) is 13.2 Å². The van der Waals surface area contributed by atoms with Crippen molar-refractivity contribution in [1.29, 1.82) is 0 Å². The first-order chi connectivity index (χ1) is 9.21. The van der Waals surface area contributed by atoms with Gasteiger partial charge in [0.25, 0.3) is 0 Å². The van der Waals surface area contributed by atoms with Gasteiger partial charge in [0.05, 0.1) is 12.1 Å². The molecule has 2 aliphatic rings. The average Bonchev–Trinajstić information content (AvgIpc) is 3.29. The SMILES string of the molecule is NC(CO)(CSc1ccc2c(c1)OCCO2)C1CC1. The summed E-state index contributed by atoms with van der Waals surface area (Å²) in [5.74, 6) is 2.81. The number of aliphatic hydroxyl groups excluding tert-OH is 1. The molecule has 3 N–H and O–H groups in total. The topological polar surface area (TPSA) is 64.7 Å². The molecule has 1 aromatic carbocycles. The van der Waals surface area contributed by atoms with Gasteiger partial charge in [-0.25, -0.2) is 0 Å². The van der Waals surface area contributed by atoms with Crippen LogP contribution in [-0.2, 0) is 0 Å². The Morgan fingerprint density at radius 2 is 2.00 bits per heavy atom. The normalized spacial score (nSPS) is 20.9. The van der Waals surface area contributed by atoms with Crippen LogP contribution >= 0.6 is 11.8 Å². The molecule has 1 aliphatic heterocycles. The average molecular weight is 281 g/mol. The summed E-state index contributed by atoms with van der Waals surface area (Å²) in [6.45, 7) is 1.26. The molecule has 0 bridgehead atoms. The van der Waals surface area contributed by atoms with Crippen LogP contribution in [0.4, 0.5) is 0 Å². The fraction of sp³-hybridized carbons (Fsp3) is 0.571. The van der Waals surface area contributed by atoms with Gasteiger partial charge in [0.15, 0.2) is 11.5 Å². The van der Waals surface area contributed by atoms with E-state index in [-0.39, 0.29) is 6.61 Å². The number of aliphatic hydroxyl groups is 1. The van der Waals surface area contributed by atoms with Crippen molar-refractivity contribution < 1.29 is 14.6 Å². The van der Waals surface area contributed by atoms with Gasteiger partial charge >= 0.3 is 0 Å². The van der Waals surface area contributed by atoms with Gasteiger partial charge in [-0.05, 0) is 37.0 Å². The van der Waals surface area contributed by atoms with Crippen molar-refractivity contribution in [3.8, 4) is 11.5 Å². The minimum Gasteiger partial charge on any atom is -0.486 e. The van der Waals surface area contributed by atoms with Crippen molar-refractivity contribution in [2.45, 2.75) is 23.3 Å². The smallest absolute Gasteiger partial charge is 0.162 e. The zero-order chi connectivity index (χ0) is 13.3. The second kappa shape index (κ2) is 5.23. The number of hydrogen-bond acceptors (Lipinski definition) is 5. The molecule has 1 aromatic rings. The fourth-order valence-corrected chi connectivity index (χ4v) is 3.40. The Kier molecular flexibility index (Phi) is 3.60. The second-order valence-corrected chi connectivity index (χ2v) is 6.31. The molecule has 3 rings (SSSR count). The number of rotatable bonds is 5. The van der Waals surface area contributed by atoms with Gasteiger partial charge < -0.3 is 20.3 Å². The van der Waals surface area contributed by atoms with Crippen LogP contribution in [0.3, 0.4) is 0 Å². The van der Waals surface area contributed by atoms with E-state index in [0.29, 0.717) is 19.1 Å². The zero-order valence-electron chi connectivity index (χ0n) is 10.8. The van der Waals surface area contributed by atoms with E-state index in [1.165, 1.54) is 0 Å². The Bertz CT molecular complexity index is 464. The van der Waals surface area contributed by atoms with Crippen molar-refractivity contribution in [3.63, 3.8) is 0 Å². The third-order valence-corrected chi connectivity index (χ3v) is 4.98. The lowest BCUT2D eigenvalue weighted by molar-refractivity contribution is 0.171. The Labute approximate surface area is 117 Å². The molecular formula is C14H19NO3S. The molecule has 1 aliphatic carbocycles. The minimum absolute atomic E-state index is 0.0508. The summed E-state index contributed by atoms with van der Waals surface area (Å²) in [5, 5.41) is 9.48. The molecule has 1 atom stereocenters. The van der Waals surface area contributed by atoms with Crippen LogP contribution in [0.1, 0.15) is 12.8 Å². The number of ether oxygens (including phenoxy) is 2. The molecule has 5 heteroatoms. The van der Waals surface area contributed by atoms with Gasteiger partial charge in [0.2, 0.25) is 0 Å². The molecule has 0 saturated heterocycles. The van der Waals surface area contributed by atoms with E-state index in [9.17, 15) is 5.11 Å². The summed E-state index contributed by atoms with van der Waals surface area (Å²) in [6.07, 6.45) is 2.28. The molecule has 19 heavy (non-hydrogen) atoms. The highest BCUT2D eigenvalue weighted by Crippen LogP contribution is 2.41. The summed E-state index contributed by atoms with van der Waals surface area (Å²) in [4.78, 5) is 1.10. The van der Waals surface area contributed by atoms with Gasteiger partial charge in [-0.1, -0.05) is 0 Å². The van der Waals surface area contributed by atoms with Crippen molar-refractivity contribution in [2.24, 2.45) is 11.7 Å². The lowest BCUT2D eigenvalue weighted by atomic mass is 9.99. The van der Waals surface area contributed by atoms with Crippen molar-refractivity contribution in [1.82, 2.24) is 0 Å². The predicted octanol–water partition coefficient (Wildman–Crippen LogP) is 1.65. The van der Waals surface area contributed by atoms with Crippen molar-refractivity contribution in [3.05, 3.63) is 18.2 Å². The van der Waals surface area contributed by atoms with Gasteiger partial charge in [-0.15, -0.1) is 11.8 Å². The number of benzene rings is 1. The van der Waals surface area contributed by atoms with E-state index in [1.807, 2.05) is 18.2 Å². The van der Waals surface area contributed by atoms with E-state index >= 15 is 0 Å². The van der Waals surface area contributed by atoms with E-state index in [0.717, 1.165) is 35.0 Å². The Morgan fingerprint density at radius 1 is 1.26 bits per heavy atom. The highest BCUT2D eigenvalue weighted by molar-refractivity contribution is 7.99. The Morgan fingerprint density at radius 3 is 2.68 bits per heavy atom. The number of hydrogen-bond donors (Lipinski definition) is 2. The fourth-order valence-electron chi connectivity index (χ4n) is 2.28. The summed E-state index contributed by atoms with van der Waals surface area (Å²) in [5.41, 5.74) is 5.81. The van der Waals surface area contributed by atoms with Crippen molar-refractivity contribution >= 4 is 11.8 Å². The standard InChI is InChI=1S/C14H19NO3S/c15-14(8-16,10-1-2-10)9-19-11-3-4-12-13(7-11)18-6-5-17-12/h3-4,7,10,16H,1-2,5-6,8-9,15H2. The lowest BCUT2D eigenvalue weighted by Crippen LogP contribution is -2.48. The number of thioether (sulfide) groups is 1. The lowest BCUT2D eigenvalue weighted by Gasteiger charge is -2.27. The quantitative estimate of drug-likeness (QED) is 0.803. The molecule has 1 fully saturated rings. The first-order valence-corrected chi connectivity index (χ1v) is 7.62. The molecular weight excluding hydrogens is 262 g/mol. The van der Waals surface area contributed by atoms with E-state index in [1.54, 1.807) is 11.8 Å². The molecule has 0 amide bonds. The molecule has 0 radical (unpaired) electrons. The van der Waals surface area contributed by atoms with E-state index in [4.69, 9.17) is 15.2 Å². The van der Waals surface area contributed by atoms with Gasteiger partial charge in [-0.2, -0.15) is 0 Å². The van der Waals surface area contributed by atoms with Crippen molar-refractivity contribution in [2.75, 3.05) is 25.6 Å². The third-order valence-electron chi connectivity index (χ3n) is 3.71. The number of fused-ring (bicyclic) bond motifs is 1. The maximum absolute atomic E-state index is 9.48. The van der Waals surface area contributed by atoms with Crippen LogP contribution < -0.4 is 15.2 Å². The maximum Gasteiger partial charge on any atom is 0.162 e. The molecule has 1 heterocycles. The first-order valence-electron chi connectivity index (χ1n) is 6.63. The summed E-state index contributed by atoms with van der Waals surface area (Å²) in [7, 11) is 0. The summed E-state index contributed by atoms with van der Waals surface area (Å²) < 4.78 is 11.1. The maximum atomic E-state index is 9.48. The monoisotopic (exact) mass is 281 g/mol. The highest BCUT2D eigenvalue weighted by atomic mass is 32.2. The van der Waals surface area contributed by atoms with Crippen LogP contribution in [0, 0.1) is 5.92 Å². The first kappa shape index (κ1) is 13.1. The van der Waals surface area contributed by atoms with Gasteiger partial charge in [0, 0.05) is 10.6 Å². The summed E-state index contributed by atoms with van der Waals surface area (Å²) >= 11 is 1.67. The zero-order valence-corrected chi connectivity index (χ0v) is 11.6. The Balaban J connectivity index is 1.66. The predicted molar refractivity (Wildman–Crippen MR) is 74.9 cm³/mol. The van der Waals surface area contributed by atoms with E-state index < -0.39 is 5.54 Å². The van der Waals surface area contributed by atoms with Crippen LogP contribution in [0.2, 0.25) is 0 Å². The van der Waals surface area contributed by atoms with Gasteiger partial charge in [-0.3, -0.25) is 0 Å². The van der Waals surface area contributed by atoms with Crippen LogP contribution in [0.15, 0.2) is 23.1 Å². The second-order valence-electron chi connectivity index (χ2n) is 5.26. The minimum atomic E-state index is -0.447. The molecule has 0 spiro atoms. The molecule has 4 nitrogen and oxygen atoms in total. The highest BCUT2D eigenvalue weighted by Gasteiger charge is 2.41. The van der Waals surface area contributed by atoms with Crippen LogP contribution in [-0.4, -0.2) is 36.2 Å². The van der Waals surface area contributed by atoms with Crippen LogP contribution in [0.25, 0.3) is 0 Å². The molecule has 1 unspecified atom stereocenters. The third kappa shape index (κ3) is 2.83. The number of nitrogens with two attached hydrogens (primary N) is 1. The molecule has 1 saturated carbocycles.